The van der Waals surface area contributed by atoms with Gasteiger partial charge in [-0.2, -0.15) is 0 Å². The number of nitrogens with one attached hydrogen (secondary N) is 1. The van der Waals surface area contributed by atoms with Gasteiger partial charge in [0, 0.05) is 50.9 Å². The Labute approximate surface area is 327 Å². The molecule has 0 saturated carbocycles. The topological polar surface area (TPSA) is 28.4 Å². The first-order chi connectivity index (χ1) is 27.7. The van der Waals surface area contributed by atoms with Crippen LogP contribution in [0.4, 0.5) is 11.4 Å². The Kier molecular flexibility index (Phi) is 7.84. The second-order valence-electron chi connectivity index (χ2n) is 15.2. The molecule has 56 heavy (non-hydrogen) atoms. The fraction of sp³-hybridized carbons (Fsp3) is 0.0943. The maximum absolute atomic E-state index is 6.34. The summed E-state index contributed by atoms with van der Waals surface area (Å²) < 4.78 is 6.34. The summed E-state index contributed by atoms with van der Waals surface area (Å²) in [5, 5.41) is 8.59. The van der Waals surface area contributed by atoms with E-state index in [0.717, 1.165) is 51.7 Å². The van der Waals surface area contributed by atoms with Gasteiger partial charge in [-0.1, -0.05) is 134 Å². The summed E-state index contributed by atoms with van der Waals surface area (Å²) in [7, 11) is 0. The first-order valence-electron chi connectivity index (χ1n) is 19.8. The Morgan fingerprint density at radius 1 is 0.571 bits per heavy atom. The lowest BCUT2D eigenvalue weighted by molar-refractivity contribution is 0.621. The molecule has 0 spiro atoms. The number of anilines is 2. The van der Waals surface area contributed by atoms with Crippen molar-refractivity contribution in [3.8, 4) is 22.3 Å². The summed E-state index contributed by atoms with van der Waals surface area (Å²) in [6.07, 6.45) is 25.0. The number of benzene rings is 6. The van der Waals surface area contributed by atoms with Gasteiger partial charge in [0.1, 0.15) is 11.2 Å². The minimum atomic E-state index is 0.406. The minimum Gasteiger partial charge on any atom is -0.456 e. The van der Waals surface area contributed by atoms with Crippen LogP contribution in [0.5, 0.6) is 0 Å². The third-order valence-corrected chi connectivity index (χ3v) is 12.0. The van der Waals surface area contributed by atoms with Gasteiger partial charge in [-0.15, -0.1) is 0 Å². The average Bonchev–Trinajstić information content (AvgIpc) is 3.63. The minimum absolute atomic E-state index is 0.406. The molecule has 3 aliphatic carbocycles. The molecule has 1 N–H and O–H groups in total. The van der Waals surface area contributed by atoms with Gasteiger partial charge in [0.15, 0.2) is 0 Å². The van der Waals surface area contributed by atoms with Gasteiger partial charge in [0.2, 0.25) is 0 Å². The van der Waals surface area contributed by atoms with Crippen molar-refractivity contribution in [1.82, 2.24) is 0 Å². The van der Waals surface area contributed by atoms with Crippen LogP contribution in [0.1, 0.15) is 18.4 Å². The predicted molar refractivity (Wildman–Crippen MR) is 235 cm³/mol. The fourth-order valence-corrected chi connectivity index (χ4v) is 9.16. The number of nitrogens with zero attached hydrogens (tertiary/aromatic N) is 1. The number of allylic oxidation sites excluding steroid dienone is 12. The maximum Gasteiger partial charge on any atom is 0.136 e. The van der Waals surface area contributed by atoms with Gasteiger partial charge in [0.05, 0.1) is 6.54 Å². The van der Waals surface area contributed by atoms with E-state index in [1.807, 2.05) is 12.1 Å². The van der Waals surface area contributed by atoms with Crippen LogP contribution in [0.25, 0.3) is 61.0 Å². The van der Waals surface area contributed by atoms with Crippen molar-refractivity contribution in [1.29, 1.82) is 0 Å². The third kappa shape index (κ3) is 5.67. The lowest BCUT2D eigenvalue weighted by Crippen LogP contribution is -2.29. The maximum atomic E-state index is 6.34. The van der Waals surface area contributed by atoms with Gasteiger partial charge in [-0.05, 0) is 112 Å². The standard InChI is InChI=1S/C53H40N2O/c1-2-11-35(12-3-1)40-29-39-14-5-7-17-47(39)49(31-40)38-23-27-43(28-24-38)55(42-25-21-37(22-26-42)46-19-10-15-36-13-4-6-16-45(36)46)44-30-41-32-53-50(33-51(41)54-34-44)48-18-8-9-20-52(48)56-53/h1-21,23-25,27-33,36,45,54H,22,26,34H2. The predicted octanol–water partition coefficient (Wildman–Crippen LogP) is 13.8. The molecule has 2 atom stereocenters. The quantitative estimate of drug-likeness (QED) is 0.185. The average molecular weight is 721 g/mol. The van der Waals surface area contributed by atoms with Gasteiger partial charge in [-0.3, -0.25) is 0 Å². The van der Waals surface area contributed by atoms with Crippen LogP contribution < -0.4 is 10.2 Å². The molecular weight excluding hydrogens is 681 g/mol. The molecule has 0 radical (unpaired) electrons. The Hall–Kier alpha value is -6.84. The largest absolute Gasteiger partial charge is 0.456 e. The van der Waals surface area contributed by atoms with Gasteiger partial charge in [0.25, 0.3) is 0 Å². The molecule has 0 fully saturated rings. The van der Waals surface area contributed by atoms with Crippen LogP contribution >= 0.6 is 0 Å². The first-order valence-corrected chi connectivity index (χ1v) is 19.8. The highest BCUT2D eigenvalue weighted by Crippen LogP contribution is 2.42. The molecule has 4 aliphatic rings. The summed E-state index contributed by atoms with van der Waals surface area (Å²) in [5.41, 5.74) is 15.5. The molecule has 1 aliphatic heterocycles. The number of fused-ring (bicyclic) bond motifs is 6. The summed E-state index contributed by atoms with van der Waals surface area (Å²) in [4.78, 5) is 2.48. The summed E-state index contributed by atoms with van der Waals surface area (Å²) in [6.45, 7) is 0.713. The molecule has 0 saturated heterocycles. The molecule has 11 rings (SSSR count). The number of rotatable bonds is 6. The van der Waals surface area contributed by atoms with Crippen LogP contribution in [0.3, 0.4) is 0 Å². The van der Waals surface area contributed by atoms with Crippen LogP contribution in [0.15, 0.2) is 209 Å². The number of furan rings is 1. The van der Waals surface area contributed by atoms with Crippen molar-refractivity contribution >= 4 is 50.2 Å². The smallest absolute Gasteiger partial charge is 0.136 e. The highest BCUT2D eigenvalue weighted by Gasteiger charge is 2.28. The van der Waals surface area contributed by atoms with Crippen molar-refractivity contribution in [3.05, 3.63) is 210 Å². The van der Waals surface area contributed by atoms with E-state index in [9.17, 15) is 0 Å². The molecular formula is C53H40N2O. The first kappa shape index (κ1) is 32.6. The van der Waals surface area contributed by atoms with Crippen molar-refractivity contribution in [2.24, 2.45) is 11.8 Å². The monoisotopic (exact) mass is 720 g/mol. The van der Waals surface area contributed by atoms with E-state index >= 15 is 0 Å². The number of para-hydroxylation sites is 1. The van der Waals surface area contributed by atoms with Gasteiger partial charge in [-0.25, -0.2) is 0 Å². The van der Waals surface area contributed by atoms with Crippen LogP contribution in [0.2, 0.25) is 0 Å². The molecule has 3 heteroatoms. The Morgan fingerprint density at radius 2 is 1.38 bits per heavy atom. The van der Waals surface area contributed by atoms with E-state index < -0.39 is 0 Å². The number of hydrogen-bond donors (Lipinski definition) is 1. The zero-order chi connectivity index (χ0) is 37.0. The molecule has 268 valence electrons. The molecule has 2 unspecified atom stereocenters. The highest BCUT2D eigenvalue weighted by atomic mass is 16.3. The van der Waals surface area contributed by atoms with Crippen molar-refractivity contribution < 1.29 is 4.42 Å². The second-order valence-corrected chi connectivity index (χ2v) is 15.2. The molecule has 6 aromatic carbocycles. The third-order valence-electron chi connectivity index (χ3n) is 12.0. The van der Waals surface area contributed by atoms with E-state index in [0.29, 0.717) is 18.4 Å². The van der Waals surface area contributed by atoms with Gasteiger partial charge >= 0.3 is 0 Å². The molecule has 7 aromatic rings. The van der Waals surface area contributed by atoms with Crippen molar-refractivity contribution in [3.63, 3.8) is 0 Å². The molecule has 0 bridgehead atoms. The second kappa shape index (κ2) is 13.5. The Bertz CT molecular complexity index is 2910. The summed E-state index contributed by atoms with van der Waals surface area (Å²) >= 11 is 0. The fourth-order valence-electron chi connectivity index (χ4n) is 9.16. The van der Waals surface area contributed by atoms with Gasteiger partial charge < -0.3 is 14.6 Å². The summed E-state index contributed by atoms with van der Waals surface area (Å²) in [5.74, 6) is 0.840. The lowest BCUT2D eigenvalue weighted by Gasteiger charge is -2.35. The molecule has 1 aromatic heterocycles. The highest BCUT2D eigenvalue weighted by molar-refractivity contribution is 6.07. The van der Waals surface area contributed by atoms with Crippen LogP contribution in [-0.4, -0.2) is 6.54 Å². The zero-order valence-corrected chi connectivity index (χ0v) is 31.0. The Morgan fingerprint density at radius 3 is 2.25 bits per heavy atom. The van der Waals surface area contributed by atoms with E-state index in [1.165, 1.54) is 55.6 Å². The lowest BCUT2D eigenvalue weighted by atomic mass is 9.75. The molecule has 0 amide bonds. The van der Waals surface area contributed by atoms with E-state index in [4.69, 9.17) is 4.42 Å². The van der Waals surface area contributed by atoms with Crippen molar-refractivity contribution in [2.75, 3.05) is 16.8 Å². The normalized spacial score (nSPS) is 18.5. The van der Waals surface area contributed by atoms with E-state index in [1.54, 1.807) is 0 Å². The zero-order valence-electron chi connectivity index (χ0n) is 31.0. The number of hydrogen-bond acceptors (Lipinski definition) is 3. The SMILES string of the molecule is C1=CC2C=CC=C(C3=CC=C(N(C4=Cc5cc6oc7ccccc7c6cc5NC4)c4ccc(-c5cc(-c6ccccc6)cc6ccccc56)cc4)CC3)C2C=C1. The molecule has 2 heterocycles. The Balaban J connectivity index is 1.01. The van der Waals surface area contributed by atoms with Crippen molar-refractivity contribution in [2.45, 2.75) is 12.8 Å². The van der Waals surface area contributed by atoms with Crippen LogP contribution in [-0.2, 0) is 0 Å². The van der Waals surface area contributed by atoms with Crippen LogP contribution in [0, 0.1) is 11.8 Å². The molecule has 3 nitrogen and oxygen atoms in total. The van der Waals surface area contributed by atoms with E-state index in [2.05, 4.69) is 186 Å². The summed E-state index contributed by atoms with van der Waals surface area (Å²) in [6, 6.07) is 46.0. The van der Waals surface area contributed by atoms with E-state index in [-0.39, 0.29) is 0 Å².